The summed E-state index contributed by atoms with van der Waals surface area (Å²) in [6.45, 7) is 1.11. The summed E-state index contributed by atoms with van der Waals surface area (Å²) in [7, 11) is 0. The molecule has 1 unspecified atom stereocenters. The summed E-state index contributed by atoms with van der Waals surface area (Å²) in [4.78, 5) is 3.29. The highest BCUT2D eigenvalue weighted by atomic mass is 19.1. The molecule has 4 heteroatoms. The zero-order valence-electron chi connectivity index (χ0n) is 11.3. The van der Waals surface area contributed by atoms with Crippen LogP contribution >= 0.6 is 0 Å². The molecular formula is C17H14FNO2. The summed E-state index contributed by atoms with van der Waals surface area (Å²) < 4.78 is 24.5. The van der Waals surface area contributed by atoms with E-state index >= 15 is 0 Å². The molecule has 0 amide bonds. The Balaban J connectivity index is 1.63. The molecule has 3 nitrogen and oxygen atoms in total. The normalized spacial score (nSPS) is 17.1. The fourth-order valence-electron chi connectivity index (χ4n) is 2.36. The van der Waals surface area contributed by atoms with Gasteiger partial charge in [0.15, 0.2) is 11.6 Å². The minimum Gasteiger partial charge on any atom is -0.488 e. The number of para-hydroxylation sites is 1. The number of benzene rings is 2. The van der Waals surface area contributed by atoms with E-state index in [9.17, 15) is 4.39 Å². The number of epoxide rings is 1. The lowest BCUT2D eigenvalue weighted by Crippen LogP contribution is -2.05. The predicted molar refractivity (Wildman–Crippen MR) is 78.9 cm³/mol. The molecule has 1 fully saturated rings. The molecule has 3 aromatic rings. The first kappa shape index (κ1) is 12.4. The van der Waals surface area contributed by atoms with E-state index in [1.807, 2.05) is 36.4 Å². The van der Waals surface area contributed by atoms with Gasteiger partial charge in [0.05, 0.1) is 6.61 Å². The number of hydrogen-bond donors (Lipinski definition) is 1. The van der Waals surface area contributed by atoms with E-state index in [-0.39, 0.29) is 17.7 Å². The Labute approximate surface area is 121 Å². The lowest BCUT2D eigenvalue weighted by molar-refractivity contribution is 0.254. The van der Waals surface area contributed by atoms with Gasteiger partial charge in [-0.25, -0.2) is 4.39 Å². The summed E-state index contributed by atoms with van der Waals surface area (Å²) >= 11 is 0. The molecule has 1 aliphatic rings. The first-order valence-electron chi connectivity index (χ1n) is 6.92. The maximum Gasteiger partial charge on any atom is 0.165 e. The monoisotopic (exact) mass is 283 g/mol. The lowest BCUT2D eigenvalue weighted by Gasteiger charge is -2.06. The molecule has 2 heterocycles. The van der Waals surface area contributed by atoms with E-state index in [1.165, 1.54) is 6.07 Å². The van der Waals surface area contributed by atoms with Crippen molar-refractivity contribution in [3.05, 3.63) is 54.3 Å². The highest BCUT2D eigenvalue weighted by Gasteiger charge is 2.23. The lowest BCUT2D eigenvalue weighted by atomic mass is 10.1. The van der Waals surface area contributed by atoms with Crippen LogP contribution in [-0.4, -0.2) is 24.3 Å². The van der Waals surface area contributed by atoms with Crippen LogP contribution in [0.1, 0.15) is 0 Å². The minimum absolute atomic E-state index is 0.123. The van der Waals surface area contributed by atoms with E-state index in [0.717, 1.165) is 22.2 Å². The van der Waals surface area contributed by atoms with Crippen LogP contribution in [0.2, 0.25) is 0 Å². The number of nitrogens with one attached hydrogen (secondary N) is 1. The SMILES string of the molecule is Fc1cc(-c2cc3ccccc3[nH]2)ccc1OCC1CO1. The molecule has 1 N–H and O–H groups in total. The molecular weight excluding hydrogens is 269 g/mol. The van der Waals surface area contributed by atoms with Crippen molar-refractivity contribution < 1.29 is 13.9 Å². The highest BCUT2D eigenvalue weighted by molar-refractivity contribution is 5.85. The number of fused-ring (bicyclic) bond motifs is 1. The van der Waals surface area contributed by atoms with Crippen LogP contribution in [0.25, 0.3) is 22.2 Å². The Kier molecular flexibility index (Phi) is 2.89. The fourth-order valence-corrected chi connectivity index (χ4v) is 2.36. The second-order valence-corrected chi connectivity index (χ2v) is 5.18. The topological polar surface area (TPSA) is 37.5 Å². The third-order valence-corrected chi connectivity index (χ3v) is 3.60. The van der Waals surface area contributed by atoms with E-state index in [0.29, 0.717) is 13.2 Å². The molecule has 4 rings (SSSR count). The van der Waals surface area contributed by atoms with Crippen LogP contribution in [0.5, 0.6) is 5.75 Å². The van der Waals surface area contributed by atoms with E-state index < -0.39 is 0 Å². The predicted octanol–water partition coefficient (Wildman–Crippen LogP) is 3.75. The van der Waals surface area contributed by atoms with Crippen LogP contribution in [-0.2, 0) is 4.74 Å². The standard InChI is InChI=1S/C17H14FNO2/c18-14-7-12(5-6-17(14)21-10-13-9-20-13)16-8-11-3-1-2-4-15(11)19-16/h1-8,13,19H,9-10H2. The van der Waals surface area contributed by atoms with Gasteiger partial charge < -0.3 is 14.5 Å². The average Bonchev–Trinajstić information content (AvgIpc) is 3.22. The highest BCUT2D eigenvalue weighted by Crippen LogP contribution is 2.28. The third-order valence-electron chi connectivity index (χ3n) is 3.60. The van der Waals surface area contributed by atoms with Gasteiger partial charge >= 0.3 is 0 Å². The Morgan fingerprint density at radius 3 is 2.81 bits per heavy atom. The van der Waals surface area contributed by atoms with E-state index in [2.05, 4.69) is 4.98 Å². The van der Waals surface area contributed by atoms with Crippen molar-refractivity contribution in [2.45, 2.75) is 6.10 Å². The van der Waals surface area contributed by atoms with E-state index in [1.54, 1.807) is 6.07 Å². The number of halogens is 1. The first-order chi connectivity index (χ1) is 10.3. The average molecular weight is 283 g/mol. The van der Waals surface area contributed by atoms with Crippen LogP contribution < -0.4 is 4.74 Å². The number of hydrogen-bond acceptors (Lipinski definition) is 2. The molecule has 0 bridgehead atoms. The summed E-state index contributed by atoms with van der Waals surface area (Å²) in [5, 5.41) is 1.11. The maximum absolute atomic E-state index is 14.1. The Bertz CT molecular complexity index is 759. The summed E-state index contributed by atoms with van der Waals surface area (Å²) in [5.41, 5.74) is 2.74. The first-order valence-corrected chi connectivity index (χ1v) is 6.92. The second-order valence-electron chi connectivity index (χ2n) is 5.18. The summed E-state index contributed by atoms with van der Waals surface area (Å²) in [6.07, 6.45) is 0.123. The molecule has 2 aromatic carbocycles. The molecule has 0 spiro atoms. The van der Waals surface area contributed by atoms with Gasteiger partial charge in [-0.1, -0.05) is 18.2 Å². The Morgan fingerprint density at radius 2 is 2.05 bits per heavy atom. The van der Waals surface area contributed by atoms with E-state index in [4.69, 9.17) is 9.47 Å². The molecule has 1 atom stereocenters. The fraction of sp³-hybridized carbons (Fsp3) is 0.176. The minimum atomic E-state index is -0.355. The Morgan fingerprint density at radius 1 is 1.19 bits per heavy atom. The molecule has 21 heavy (non-hydrogen) atoms. The van der Waals surface area contributed by atoms with Gasteiger partial charge in [0.25, 0.3) is 0 Å². The maximum atomic E-state index is 14.1. The summed E-state index contributed by atoms with van der Waals surface area (Å²) in [6, 6.07) is 15.0. The largest absolute Gasteiger partial charge is 0.488 e. The smallest absolute Gasteiger partial charge is 0.165 e. The van der Waals surface area contributed by atoms with Crippen molar-refractivity contribution in [3.8, 4) is 17.0 Å². The van der Waals surface area contributed by atoms with Gasteiger partial charge in [-0.05, 0) is 30.3 Å². The van der Waals surface area contributed by atoms with Gasteiger partial charge in [-0.15, -0.1) is 0 Å². The quantitative estimate of drug-likeness (QED) is 0.740. The number of ether oxygens (including phenoxy) is 2. The van der Waals surface area contributed by atoms with Gasteiger partial charge in [-0.3, -0.25) is 0 Å². The number of H-pyrrole nitrogens is 1. The van der Waals surface area contributed by atoms with Crippen LogP contribution in [0.4, 0.5) is 4.39 Å². The second kappa shape index (κ2) is 4.90. The molecule has 0 aliphatic carbocycles. The van der Waals surface area contributed by atoms with Crippen molar-refractivity contribution in [3.63, 3.8) is 0 Å². The van der Waals surface area contributed by atoms with Crippen LogP contribution in [0.3, 0.4) is 0 Å². The number of rotatable bonds is 4. The third kappa shape index (κ3) is 2.50. The molecule has 1 saturated heterocycles. The van der Waals surface area contributed by atoms with Crippen molar-refractivity contribution >= 4 is 10.9 Å². The summed E-state index contributed by atoms with van der Waals surface area (Å²) in [5.74, 6) is -0.0860. The molecule has 1 aliphatic heterocycles. The molecule has 0 saturated carbocycles. The Hall–Kier alpha value is -2.33. The van der Waals surface area contributed by atoms with Crippen molar-refractivity contribution in [2.75, 3.05) is 13.2 Å². The van der Waals surface area contributed by atoms with Crippen molar-refractivity contribution in [2.24, 2.45) is 0 Å². The molecule has 0 radical (unpaired) electrons. The van der Waals surface area contributed by atoms with Crippen molar-refractivity contribution in [1.82, 2.24) is 4.98 Å². The van der Waals surface area contributed by atoms with Crippen LogP contribution in [0, 0.1) is 5.82 Å². The van der Waals surface area contributed by atoms with Gasteiger partial charge in [0.2, 0.25) is 0 Å². The zero-order valence-corrected chi connectivity index (χ0v) is 11.3. The molecule has 106 valence electrons. The number of aromatic amines is 1. The van der Waals surface area contributed by atoms with Gasteiger partial charge in [0, 0.05) is 22.2 Å². The molecule has 1 aromatic heterocycles. The van der Waals surface area contributed by atoms with Gasteiger partial charge in [0.1, 0.15) is 12.7 Å². The zero-order chi connectivity index (χ0) is 14.2. The number of aromatic nitrogens is 1. The van der Waals surface area contributed by atoms with Gasteiger partial charge in [-0.2, -0.15) is 0 Å². The van der Waals surface area contributed by atoms with Crippen molar-refractivity contribution in [1.29, 1.82) is 0 Å². The van der Waals surface area contributed by atoms with Crippen LogP contribution in [0.15, 0.2) is 48.5 Å².